The highest BCUT2D eigenvalue weighted by atomic mass is 16.5. The van der Waals surface area contributed by atoms with Crippen LogP contribution in [0.3, 0.4) is 0 Å². The van der Waals surface area contributed by atoms with Crippen LogP contribution >= 0.6 is 0 Å². The van der Waals surface area contributed by atoms with Crippen LogP contribution in [0.15, 0.2) is 30.3 Å². The summed E-state index contributed by atoms with van der Waals surface area (Å²) in [6.07, 6.45) is 3.13. The van der Waals surface area contributed by atoms with Gasteiger partial charge in [0.15, 0.2) is 0 Å². The number of aliphatic hydroxyl groups excluding tert-OH is 1. The molecule has 0 aliphatic heterocycles. The number of rotatable bonds is 6. The largest absolute Gasteiger partial charge is 0.494 e. The topological polar surface area (TPSA) is 58.6 Å². The number of aliphatic hydroxyl groups is 1. The molecule has 0 atom stereocenters. The predicted octanol–water partition coefficient (Wildman–Crippen LogP) is 1.21. The van der Waals surface area contributed by atoms with Gasteiger partial charge in [0.25, 0.3) is 0 Å². The van der Waals surface area contributed by atoms with E-state index in [-0.39, 0.29) is 19.1 Å². The molecule has 92 valence electrons. The van der Waals surface area contributed by atoms with Crippen LogP contribution in [0, 0.1) is 0 Å². The molecule has 0 aromatic heterocycles. The van der Waals surface area contributed by atoms with Crippen molar-refractivity contribution >= 4 is 12.0 Å². The minimum Gasteiger partial charge on any atom is -0.494 e. The number of carbonyl (C=O) groups is 1. The van der Waals surface area contributed by atoms with Crippen LogP contribution in [-0.2, 0) is 4.79 Å². The third-order valence-electron chi connectivity index (χ3n) is 2.01. The zero-order valence-corrected chi connectivity index (χ0v) is 9.85. The fraction of sp³-hybridized carbons (Fsp3) is 0.308. The van der Waals surface area contributed by atoms with Crippen LogP contribution < -0.4 is 10.1 Å². The summed E-state index contributed by atoms with van der Waals surface area (Å²) in [6, 6.07) is 7.49. The van der Waals surface area contributed by atoms with Crippen molar-refractivity contribution in [1.29, 1.82) is 0 Å². The lowest BCUT2D eigenvalue weighted by atomic mass is 10.2. The Hall–Kier alpha value is -1.81. The molecule has 0 fully saturated rings. The summed E-state index contributed by atoms with van der Waals surface area (Å²) >= 11 is 0. The standard InChI is InChI=1S/C13H17NO3/c1-2-17-12-5-3-4-11(10-12)6-7-13(16)14-8-9-15/h3-7,10,15H,2,8-9H2,1H3,(H,14,16). The zero-order chi connectivity index (χ0) is 12.5. The molecule has 4 heteroatoms. The van der Waals surface area contributed by atoms with E-state index in [9.17, 15) is 4.79 Å². The van der Waals surface area contributed by atoms with Gasteiger partial charge in [-0.2, -0.15) is 0 Å². The van der Waals surface area contributed by atoms with E-state index in [0.29, 0.717) is 6.61 Å². The molecule has 2 N–H and O–H groups in total. The van der Waals surface area contributed by atoms with Crippen molar-refractivity contribution in [3.63, 3.8) is 0 Å². The first-order valence-electron chi connectivity index (χ1n) is 5.56. The first-order chi connectivity index (χ1) is 8.26. The third-order valence-corrected chi connectivity index (χ3v) is 2.01. The summed E-state index contributed by atoms with van der Waals surface area (Å²) < 4.78 is 5.35. The van der Waals surface area contributed by atoms with Gasteiger partial charge in [-0.3, -0.25) is 4.79 Å². The van der Waals surface area contributed by atoms with Gasteiger partial charge in [-0.1, -0.05) is 12.1 Å². The molecule has 0 aliphatic carbocycles. The molecule has 1 amide bonds. The molecule has 0 unspecified atom stereocenters. The van der Waals surface area contributed by atoms with Crippen molar-refractivity contribution in [2.75, 3.05) is 19.8 Å². The van der Waals surface area contributed by atoms with E-state index in [1.165, 1.54) is 6.08 Å². The molecule has 4 nitrogen and oxygen atoms in total. The molecule has 0 saturated heterocycles. The maximum atomic E-state index is 11.2. The van der Waals surface area contributed by atoms with E-state index >= 15 is 0 Å². The Balaban J connectivity index is 2.58. The summed E-state index contributed by atoms with van der Waals surface area (Å²) in [4.78, 5) is 11.2. The van der Waals surface area contributed by atoms with Gasteiger partial charge in [0.05, 0.1) is 13.2 Å². The second-order valence-electron chi connectivity index (χ2n) is 3.35. The summed E-state index contributed by atoms with van der Waals surface area (Å²) in [5.74, 6) is 0.561. The molecule has 0 bridgehead atoms. The Morgan fingerprint density at radius 3 is 3.06 bits per heavy atom. The number of hydrogen-bond acceptors (Lipinski definition) is 3. The SMILES string of the molecule is CCOc1cccc(C=CC(=O)NCCO)c1. The second kappa shape index (κ2) is 7.46. The van der Waals surface area contributed by atoms with Crippen LogP contribution in [0.25, 0.3) is 6.08 Å². The fourth-order valence-electron chi connectivity index (χ4n) is 1.28. The molecule has 0 spiro atoms. The maximum Gasteiger partial charge on any atom is 0.244 e. The maximum absolute atomic E-state index is 11.2. The Labute approximate surface area is 101 Å². The number of hydrogen-bond donors (Lipinski definition) is 2. The normalized spacial score (nSPS) is 10.5. The fourth-order valence-corrected chi connectivity index (χ4v) is 1.28. The quantitative estimate of drug-likeness (QED) is 0.729. The van der Waals surface area contributed by atoms with Crippen molar-refractivity contribution < 1.29 is 14.6 Å². The monoisotopic (exact) mass is 235 g/mol. The number of ether oxygens (including phenoxy) is 1. The van der Waals surface area contributed by atoms with E-state index in [1.807, 2.05) is 31.2 Å². The highest BCUT2D eigenvalue weighted by Crippen LogP contribution is 2.14. The zero-order valence-electron chi connectivity index (χ0n) is 9.85. The van der Waals surface area contributed by atoms with Gasteiger partial charge in [0.1, 0.15) is 5.75 Å². The number of carbonyl (C=O) groups excluding carboxylic acids is 1. The van der Waals surface area contributed by atoms with E-state index in [0.717, 1.165) is 11.3 Å². The molecule has 1 aromatic rings. The minimum absolute atomic E-state index is 0.0561. The van der Waals surface area contributed by atoms with Crippen molar-refractivity contribution in [3.8, 4) is 5.75 Å². The Bertz CT molecular complexity index is 388. The lowest BCUT2D eigenvalue weighted by Crippen LogP contribution is -2.24. The number of amides is 1. The molecule has 0 aliphatic rings. The smallest absolute Gasteiger partial charge is 0.244 e. The Kier molecular flexibility index (Phi) is 5.82. The highest BCUT2D eigenvalue weighted by Gasteiger charge is 1.95. The van der Waals surface area contributed by atoms with Crippen molar-refractivity contribution in [2.24, 2.45) is 0 Å². The van der Waals surface area contributed by atoms with Crippen LogP contribution in [-0.4, -0.2) is 30.8 Å². The van der Waals surface area contributed by atoms with E-state index in [2.05, 4.69) is 5.32 Å². The van der Waals surface area contributed by atoms with Gasteiger partial charge in [-0.25, -0.2) is 0 Å². The van der Waals surface area contributed by atoms with Gasteiger partial charge in [-0.15, -0.1) is 0 Å². The number of nitrogens with one attached hydrogen (secondary N) is 1. The van der Waals surface area contributed by atoms with Gasteiger partial charge in [-0.05, 0) is 30.7 Å². The minimum atomic E-state index is -0.221. The Morgan fingerprint density at radius 2 is 2.35 bits per heavy atom. The second-order valence-corrected chi connectivity index (χ2v) is 3.35. The lowest BCUT2D eigenvalue weighted by molar-refractivity contribution is -0.116. The predicted molar refractivity (Wildman–Crippen MR) is 66.7 cm³/mol. The summed E-state index contributed by atoms with van der Waals surface area (Å²) in [5.41, 5.74) is 0.898. The van der Waals surface area contributed by atoms with Crippen LogP contribution in [0.5, 0.6) is 5.75 Å². The first-order valence-corrected chi connectivity index (χ1v) is 5.56. The summed E-state index contributed by atoms with van der Waals surface area (Å²) in [6.45, 7) is 2.75. The van der Waals surface area contributed by atoms with Crippen LogP contribution in [0.1, 0.15) is 12.5 Å². The first kappa shape index (κ1) is 13.3. The average Bonchev–Trinajstić information content (AvgIpc) is 2.35. The van der Waals surface area contributed by atoms with Gasteiger partial charge in [0.2, 0.25) is 5.91 Å². The highest BCUT2D eigenvalue weighted by molar-refractivity contribution is 5.91. The molecule has 1 rings (SSSR count). The van der Waals surface area contributed by atoms with E-state index in [1.54, 1.807) is 6.08 Å². The molecular weight excluding hydrogens is 218 g/mol. The molecule has 0 radical (unpaired) electrons. The van der Waals surface area contributed by atoms with Crippen molar-refractivity contribution in [1.82, 2.24) is 5.32 Å². The average molecular weight is 235 g/mol. The lowest BCUT2D eigenvalue weighted by Gasteiger charge is -2.03. The number of benzene rings is 1. The van der Waals surface area contributed by atoms with Crippen molar-refractivity contribution in [3.05, 3.63) is 35.9 Å². The summed E-state index contributed by atoms with van der Waals surface area (Å²) in [7, 11) is 0. The van der Waals surface area contributed by atoms with Gasteiger partial charge in [0, 0.05) is 12.6 Å². The van der Waals surface area contributed by atoms with Crippen LogP contribution in [0.4, 0.5) is 0 Å². The van der Waals surface area contributed by atoms with Crippen molar-refractivity contribution in [2.45, 2.75) is 6.92 Å². The molecule has 1 aromatic carbocycles. The summed E-state index contributed by atoms with van der Waals surface area (Å²) in [5, 5.41) is 11.1. The molecule has 17 heavy (non-hydrogen) atoms. The van der Waals surface area contributed by atoms with E-state index < -0.39 is 0 Å². The van der Waals surface area contributed by atoms with Gasteiger partial charge < -0.3 is 15.2 Å². The van der Waals surface area contributed by atoms with Gasteiger partial charge >= 0.3 is 0 Å². The third kappa shape index (κ3) is 5.17. The molecule has 0 heterocycles. The van der Waals surface area contributed by atoms with E-state index in [4.69, 9.17) is 9.84 Å². The van der Waals surface area contributed by atoms with Crippen LogP contribution in [0.2, 0.25) is 0 Å². The molecular formula is C13H17NO3. The Morgan fingerprint density at radius 1 is 1.53 bits per heavy atom. The molecule has 0 saturated carbocycles.